The lowest BCUT2D eigenvalue weighted by Crippen LogP contribution is -2.45. The van der Waals surface area contributed by atoms with Crippen LogP contribution in [0.25, 0.3) is 0 Å². The molecule has 0 unspecified atom stereocenters. The molecule has 1 aliphatic rings. The summed E-state index contributed by atoms with van der Waals surface area (Å²) in [6.07, 6.45) is 4.39. The van der Waals surface area contributed by atoms with E-state index in [0.29, 0.717) is 19.6 Å². The van der Waals surface area contributed by atoms with Crippen LogP contribution in [0.4, 0.5) is 4.79 Å². The van der Waals surface area contributed by atoms with E-state index in [1.54, 1.807) is 7.11 Å². The number of nitrogens with zero attached hydrogens (tertiary/aromatic N) is 1. The van der Waals surface area contributed by atoms with Crippen molar-refractivity contribution in [3.63, 3.8) is 0 Å². The van der Waals surface area contributed by atoms with E-state index in [0.717, 1.165) is 31.6 Å². The second-order valence-corrected chi connectivity index (χ2v) is 5.86. The van der Waals surface area contributed by atoms with E-state index in [9.17, 15) is 4.79 Å². The molecular weight excluding hydrogens is 292 g/mol. The van der Waals surface area contributed by atoms with Gasteiger partial charge in [0.05, 0.1) is 13.2 Å². The first-order chi connectivity index (χ1) is 11.2. The molecular formula is C18H28N2O3. The van der Waals surface area contributed by atoms with Crippen molar-refractivity contribution in [2.75, 3.05) is 33.4 Å². The molecule has 128 valence electrons. The fourth-order valence-electron chi connectivity index (χ4n) is 2.77. The molecule has 1 aliphatic heterocycles. The Morgan fingerprint density at radius 1 is 1.35 bits per heavy atom. The van der Waals surface area contributed by atoms with Crippen LogP contribution in [0.15, 0.2) is 24.3 Å². The zero-order valence-electron chi connectivity index (χ0n) is 14.2. The summed E-state index contributed by atoms with van der Waals surface area (Å²) in [5.74, 6) is 0.849. The fraction of sp³-hybridized carbons (Fsp3) is 0.611. The average molecular weight is 320 g/mol. The molecule has 1 heterocycles. The average Bonchev–Trinajstić information content (AvgIpc) is 2.61. The van der Waals surface area contributed by atoms with E-state index in [2.05, 4.69) is 5.32 Å². The van der Waals surface area contributed by atoms with Gasteiger partial charge in [-0.1, -0.05) is 12.1 Å². The third kappa shape index (κ3) is 5.75. The minimum absolute atomic E-state index is 0.00446. The summed E-state index contributed by atoms with van der Waals surface area (Å²) in [6.45, 7) is 4.85. The molecule has 0 bridgehead atoms. The van der Waals surface area contributed by atoms with Crippen LogP contribution in [0.5, 0.6) is 5.75 Å². The van der Waals surface area contributed by atoms with Crippen LogP contribution in [-0.4, -0.2) is 50.4 Å². The van der Waals surface area contributed by atoms with Gasteiger partial charge in [-0.3, -0.25) is 0 Å². The second-order valence-electron chi connectivity index (χ2n) is 5.86. The summed E-state index contributed by atoms with van der Waals surface area (Å²) in [7, 11) is 1.66. The Morgan fingerprint density at radius 3 is 2.74 bits per heavy atom. The number of urea groups is 1. The lowest BCUT2D eigenvalue weighted by Gasteiger charge is -2.29. The van der Waals surface area contributed by atoms with Crippen LogP contribution in [0.3, 0.4) is 0 Å². The molecule has 0 aliphatic carbocycles. The fourth-order valence-corrected chi connectivity index (χ4v) is 2.77. The summed E-state index contributed by atoms with van der Waals surface area (Å²) in [4.78, 5) is 14.1. The number of ether oxygens (including phenoxy) is 2. The maximum atomic E-state index is 12.3. The Hall–Kier alpha value is -1.75. The van der Waals surface area contributed by atoms with Gasteiger partial charge in [-0.25, -0.2) is 4.79 Å². The highest BCUT2D eigenvalue weighted by Gasteiger charge is 2.20. The number of carbonyl (C=O) groups excluding carboxylic acids is 1. The van der Waals surface area contributed by atoms with Gasteiger partial charge in [0, 0.05) is 26.2 Å². The third-order valence-electron chi connectivity index (χ3n) is 4.22. The van der Waals surface area contributed by atoms with E-state index in [-0.39, 0.29) is 12.1 Å². The Kier molecular flexibility index (Phi) is 7.20. The molecule has 23 heavy (non-hydrogen) atoms. The predicted molar refractivity (Wildman–Crippen MR) is 90.9 cm³/mol. The SMILES string of the molecule is CCN(C[C@@H]1CCCCO1)C(=O)NCCc1ccc(OC)cc1. The maximum Gasteiger partial charge on any atom is 0.317 e. The van der Waals surface area contributed by atoms with Gasteiger partial charge in [-0.2, -0.15) is 0 Å². The number of amides is 2. The number of hydrogen-bond acceptors (Lipinski definition) is 3. The first kappa shape index (κ1) is 17.6. The van der Waals surface area contributed by atoms with Crippen molar-refractivity contribution in [3.8, 4) is 5.75 Å². The highest BCUT2D eigenvalue weighted by molar-refractivity contribution is 5.74. The van der Waals surface area contributed by atoms with Crippen LogP contribution >= 0.6 is 0 Å². The Labute approximate surface area is 139 Å². The van der Waals surface area contributed by atoms with Crippen LogP contribution < -0.4 is 10.1 Å². The molecule has 1 atom stereocenters. The van der Waals surface area contributed by atoms with Gasteiger partial charge in [0.15, 0.2) is 0 Å². The predicted octanol–water partition coefficient (Wildman–Crippen LogP) is 2.84. The van der Waals surface area contributed by atoms with Crippen LogP contribution in [0.1, 0.15) is 31.7 Å². The number of hydrogen-bond donors (Lipinski definition) is 1. The molecule has 5 nitrogen and oxygen atoms in total. The van der Waals surface area contributed by atoms with Crippen molar-refractivity contribution in [2.24, 2.45) is 0 Å². The number of nitrogens with one attached hydrogen (secondary N) is 1. The van der Waals surface area contributed by atoms with E-state index in [4.69, 9.17) is 9.47 Å². The molecule has 2 rings (SSSR count). The molecule has 0 aromatic heterocycles. The molecule has 5 heteroatoms. The lowest BCUT2D eigenvalue weighted by molar-refractivity contribution is 0.00136. The van der Waals surface area contributed by atoms with E-state index in [1.165, 1.54) is 12.0 Å². The summed E-state index contributed by atoms with van der Waals surface area (Å²) >= 11 is 0. The smallest absolute Gasteiger partial charge is 0.317 e. The Morgan fingerprint density at radius 2 is 2.13 bits per heavy atom. The van der Waals surface area contributed by atoms with E-state index in [1.807, 2.05) is 36.1 Å². The normalized spacial score (nSPS) is 17.6. The minimum atomic E-state index is -0.00446. The zero-order valence-corrected chi connectivity index (χ0v) is 14.2. The molecule has 1 aromatic rings. The molecule has 1 fully saturated rings. The number of likely N-dealkylation sites (N-methyl/N-ethyl adjacent to an activating group) is 1. The van der Waals surface area contributed by atoms with Crippen molar-refractivity contribution in [1.29, 1.82) is 0 Å². The highest BCUT2D eigenvalue weighted by atomic mass is 16.5. The summed E-state index contributed by atoms with van der Waals surface area (Å²) in [6, 6.07) is 7.93. The van der Waals surface area contributed by atoms with Crippen LogP contribution in [0.2, 0.25) is 0 Å². The van der Waals surface area contributed by atoms with Gasteiger partial charge in [0.1, 0.15) is 5.75 Å². The zero-order chi connectivity index (χ0) is 16.5. The van der Waals surface area contributed by atoms with Crippen molar-refractivity contribution in [2.45, 2.75) is 38.7 Å². The maximum absolute atomic E-state index is 12.3. The topological polar surface area (TPSA) is 50.8 Å². The summed E-state index contributed by atoms with van der Waals surface area (Å²) in [5, 5.41) is 3.00. The molecule has 1 saturated heterocycles. The molecule has 0 saturated carbocycles. The largest absolute Gasteiger partial charge is 0.497 e. The monoisotopic (exact) mass is 320 g/mol. The van der Waals surface area contributed by atoms with Crippen molar-refractivity contribution in [3.05, 3.63) is 29.8 Å². The Balaban J connectivity index is 1.72. The van der Waals surface area contributed by atoms with Crippen molar-refractivity contribution < 1.29 is 14.3 Å². The summed E-state index contributed by atoms with van der Waals surface area (Å²) in [5.41, 5.74) is 1.18. The standard InChI is InChI=1S/C18H28N2O3/c1-3-20(14-17-6-4-5-13-23-17)18(21)19-12-11-15-7-9-16(22-2)10-8-15/h7-10,17H,3-6,11-14H2,1-2H3,(H,19,21)/t17-/m0/s1. The molecule has 2 amide bonds. The van der Waals surface area contributed by atoms with Gasteiger partial charge in [-0.15, -0.1) is 0 Å². The molecule has 1 aromatic carbocycles. The van der Waals surface area contributed by atoms with Crippen LogP contribution in [0, 0.1) is 0 Å². The first-order valence-corrected chi connectivity index (χ1v) is 8.50. The quantitative estimate of drug-likeness (QED) is 0.840. The minimum Gasteiger partial charge on any atom is -0.497 e. The van der Waals surface area contributed by atoms with Gasteiger partial charge in [0.25, 0.3) is 0 Å². The van der Waals surface area contributed by atoms with Gasteiger partial charge < -0.3 is 19.7 Å². The third-order valence-corrected chi connectivity index (χ3v) is 4.22. The number of methoxy groups -OCH3 is 1. The van der Waals surface area contributed by atoms with Gasteiger partial charge in [-0.05, 0) is 50.3 Å². The van der Waals surface area contributed by atoms with E-state index < -0.39 is 0 Å². The Bertz CT molecular complexity index is 470. The van der Waals surface area contributed by atoms with Gasteiger partial charge in [0.2, 0.25) is 0 Å². The molecule has 0 spiro atoms. The second kappa shape index (κ2) is 9.40. The number of carbonyl (C=O) groups is 1. The number of benzene rings is 1. The van der Waals surface area contributed by atoms with Crippen molar-refractivity contribution in [1.82, 2.24) is 10.2 Å². The van der Waals surface area contributed by atoms with E-state index >= 15 is 0 Å². The van der Waals surface area contributed by atoms with Crippen LogP contribution in [-0.2, 0) is 11.2 Å². The molecule has 1 N–H and O–H groups in total. The first-order valence-electron chi connectivity index (χ1n) is 8.50. The van der Waals surface area contributed by atoms with Gasteiger partial charge >= 0.3 is 6.03 Å². The van der Waals surface area contributed by atoms with Crippen molar-refractivity contribution >= 4 is 6.03 Å². The highest BCUT2D eigenvalue weighted by Crippen LogP contribution is 2.14. The summed E-state index contributed by atoms with van der Waals surface area (Å²) < 4.78 is 10.9. The molecule has 0 radical (unpaired) electrons. The number of rotatable bonds is 7. The lowest BCUT2D eigenvalue weighted by atomic mass is 10.1.